The summed E-state index contributed by atoms with van der Waals surface area (Å²) in [7, 11) is 0. The lowest BCUT2D eigenvalue weighted by Crippen LogP contribution is -2.26. The van der Waals surface area contributed by atoms with Crippen molar-refractivity contribution in [3.05, 3.63) is 17.7 Å². The van der Waals surface area contributed by atoms with Crippen LogP contribution in [-0.4, -0.2) is 35.8 Å². The van der Waals surface area contributed by atoms with Crippen LogP contribution < -0.4 is 10.2 Å². The number of nitrogens with zero attached hydrogens (tertiary/aromatic N) is 2. The summed E-state index contributed by atoms with van der Waals surface area (Å²) in [4.78, 5) is 5.91. The Morgan fingerprint density at radius 2 is 2.15 bits per heavy atom. The zero-order valence-electron chi connectivity index (χ0n) is 11.4. The van der Waals surface area contributed by atoms with Crippen LogP contribution in [0.15, 0.2) is 6.07 Å². The number of pyridine rings is 1. The van der Waals surface area contributed by atoms with Crippen LogP contribution in [0.3, 0.4) is 0 Å². The molecule has 3 unspecified atom stereocenters. The van der Waals surface area contributed by atoms with Gasteiger partial charge in [-0.3, -0.25) is 0 Å². The van der Waals surface area contributed by atoms with Gasteiger partial charge in [-0.15, -0.1) is 0 Å². The fraction of sp³-hybridized carbons (Fsp3) is 0.643. The van der Waals surface area contributed by atoms with E-state index in [1.165, 1.54) is 0 Å². The van der Waals surface area contributed by atoms with Crippen molar-refractivity contribution < 1.29 is 13.9 Å². The van der Waals surface area contributed by atoms with Crippen molar-refractivity contribution in [3.8, 4) is 0 Å². The van der Waals surface area contributed by atoms with Crippen LogP contribution in [-0.2, 0) is 0 Å². The van der Waals surface area contributed by atoms with Crippen molar-refractivity contribution in [1.29, 1.82) is 0 Å². The van der Waals surface area contributed by atoms with Gasteiger partial charge in [0.2, 0.25) is 0 Å². The summed E-state index contributed by atoms with van der Waals surface area (Å²) in [5.74, 6) is -0.473. The van der Waals surface area contributed by atoms with E-state index in [0.717, 1.165) is 18.9 Å². The van der Waals surface area contributed by atoms with E-state index in [9.17, 15) is 13.9 Å². The Hall–Kier alpha value is -1.43. The molecule has 3 atom stereocenters. The summed E-state index contributed by atoms with van der Waals surface area (Å²) in [6.45, 7) is 3.63. The molecule has 0 radical (unpaired) electrons. The molecule has 20 heavy (non-hydrogen) atoms. The highest BCUT2D eigenvalue weighted by molar-refractivity contribution is 5.50. The fourth-order valence-corrected chi connectivity index (χ4v) is 3.38. The van der Waals surface area contributed by atoms with E-state index >= 15 is 0 Å². The lowest BCUT2D eigenvalue weighted by molar-refractivity contribution is 0.133. The van der Waals surface area contributed by atoms with Crippen LogP contribution in [0.1, 0.15) is 19.8 Å². The maximum Gasteiger partial charge on any atom is 0.168 e. The number of hydrogen-bond donors (Lipinski definition) is 2. The molecule has 3 rings (SSSR count). The minimum absolute atomic E-state index is 0.0847. The third-order valence-corrected chi connectivity index (χ3v) is 4.37. The van der Waals surface area contributed by atoms with Gasteiger partial charge in [-0.2, -0.15) is 0 Å². The molecule has 1 saturated heterocycles. The second-order valence-corrected chi connectivity index (χ2v) is 5.63. The molecule has 6 heteroatoms. The Morgan fingerprint density at radius 3 is 2.85 bits per heavy atom. The number of hydrogen-bond acceptors (Lipinski definition) is 4. The van der Waals surface area contributed by atoms with E-state index in [-0.39, 0.29) is 23.7 Å². The zero-order valence-corrected chi connectivity index (χ0v) is 11.4. The molecule has 1 aliphatic carbocycles. The minimum atomic E-state index is -0.674. The van der Waals surface area contributed by atoms with Gasteiger partial charge in [-0.1, -0.05) is 0 Å². The van der Waals surface area contributed by atoms with Gasteiger partial charge in [0.05, 0.1) is 6.10 Å². The van der Waals surface area contributed by atoms with Gasteiger partial charge in [0.15, 0.2) is 23.3 Å². The van der Waals surface area contributed by atoms with Gasteiger partial charge < -0.3 is 15.3 Å². The van der Waals surface area contributed by atoms with Crippen LogP contribution in [0.25, 0.3) is 0 Å². The summed E-state index contributed by atoms with van der Waals surface area (Å²) in [6.07, 6.45) is 1.48. The average molecular weight is 283 g/mol. The summed E-state index contributed by atoms with van der Waals surface area (Å²) in [5, 5.41) is 12.7. The van der Waals surface area contributed by atoms with Crippen molar-refractivity contribution in [2.24, 2.45) is 11.8 Å². The molecule has 1 aliphatic heterocycles. The molecule has 0 aromatic carbocycles. The number of nitrogens with one attached hydrogen (secondary N) is 1. The summed E-state index contributed by atoms with van der Waals surface area (Å²) in [5.41, 5.74) is 0. The van der Waals surface area contributed by atoms with Crippen LogP contribution in [0.4, 0.5) is 20.4 Å². The highest BCUT2D eigenvalue weighted by Crippen LogP contribution is 2.40. The van der Waals surface area contributed by atoms with Gasteiger partial charge in [-0.25, -0.2) is 13.8 Å². The molecule has 2 heterocycles. The molecule has 0 amide bonds. The molecular weight excluding hydrogens is 264 g/mol. The Morgan fingerprint density at radius 1 is 1.35 bits per heavy atom. The van der Waals surface area contributed by atoms with E-state index in [1.54, 1.807) is 0 Å². The second-order valence-electron chi connectivity index (χ2n) is 5.63. The Labute approximate surface area is 116 Å². The maximum atomic E-state index is 14.0. The van der Waals surface area contributed by atoms with Crippen molar-refractivity contribution in [1.82, 2.24) is 4.98 Å². The van der Waals surface area contributed by atoms with Crippen molar-refractivity contribution in [2.45, 2.75) is 25.9 Å². The maximum absolute atomic E-state index is 14.0. The van der Waals surface area contributed by atoms with Crippen molar-refractivity contribution in [2.75, 3.05) is 29.9 Å². The van der Waals surface area contributed by atoms with Crippen LogP contribution in [0, 0.1) is 23.5 Å². The molecule has 1 saturated carbocycles. The van der Waals surface area contributed by atoms with E-state index in [4.69, 9.17) is 0 Å². The Bertz CT molecular complexity index is 511. The number of rotatable bonds is 3. The molecule has 0 bridgehead atoms. The third kappa shape index (κ3) is 2.22. The quantitative estimate of drug-likeness (QED) is 0.891. The molecule has 2 fully saturated rings. The number of halogens is 2. The lowest BCUT2D eigenvalue weighted by atomic mass is 10.00. The predicted octanol–water partition coefficient (Wildman–Crippen LogP) is 2.00. The van der Waals surface area contributed by atoms with Gasteiger partial charge in [0.1, 0.15) is 0 Å². The van der Waals surface area contributed by atoms with E-state index in [0.29, 0.717) is 25.6 Å². The van der Waals surface area contributed by atoms with Crippen LogP contribution >= 0.6 is 0 Å². The zero-order chi connectivity index (χ0) is 14.3. The smallest absolute Gasteiger partial charge is 0.168 e. The molecule has 4 nitrogen and oxygen atoms in total. The first-order chi connectivity index (χ1) is 9.60. The van der Waals surface area contributed by atoms with Gasteiger partial charge in [-0.05, 0) is 25.7 Å². The second kappa shape index (κ2) is 5.16. The fourth-order valence-electron chi connectivity index (χ4n) is 3.38. The van der Waals surface area contributed by atoms with E-state index in [1.807, 2.05) is 11.8 Å². The number of fused-ring (bicyclic) bond motifs is 1. The predicted molar refractivity (Wildman–Crippen MR) is 72.8 cm³/mol. The first-order valence-electron chi connectivity index (χ1n) is 7.13. The lowest BCUT2D eigenvalue weighted by Gasteiger charge is -2.21. The number of aliphatic hydroxyl groups excluding tert-OH is 1. The van der Waals surface area contributed by atoms with Crippen LogP contribution in [0.5, 0.6) is 0 Å². The van der Waals surface area contributed by atoms with Gasteiger partial charge >= 0.3 is 0 Å². The standard InChI is InChI=1S/C14H19F2N3O/c1-2-17-13-10(15)5-11(16)14(18-13)19-6-8-3-4-12(20)9(8)7-19/h5,8-9,12,20H,2-4,6-7H2,1H3,(H,17,18). The Balaban J connectivity index is 1.85. The Kier molecular flexibility index (Phi) is 3.50. The first-order valence-corrected chi connectivity index (χ1v) is 7.13. The van der Waals surface area contributed by atoms with Gasteiger partial charge in [0.25, 0.3) is 0 Å². The summed E-state index contributed by atoms with van der Waals surface area (Å²) < 4.78 is 27.5. The number of aromatic nitrogens is 1. The SMILES string of the molecule is CCNc1nc(N2CC3CCC(O)C3C2)c(F)cc1F. The van der Waals surface area contributed by atoms with Crippen LogP contribution in [0.2, 0.25) is 0 Å². The van der Waals surface area contributed by atoms with Crippen molar-refractivity contribution in [3.63, 3.8) is 0 Å². The molecular formula is C14H19F2N3O. The summed E-state index contributed by atoms with van der Waals surface area (Å²) in [6, 6.07) is 0.880. The topological polar surface area (TPSA) is 48.4 Å². The minimum Gasteiger partial charge on any atom is -0.393 e. The molecule has 0 spiro atoms. The average Bonchev–Trinajstić information content (AvgIpc) is 2.96. The van der Waals surface area contributed by atoms with E-state index in [2.05, 4.69) is 10.3 Å². The first kappa shape index (κ1) is 13.5. The van der Waals surface area contributed by atoms with E-state index < -0.39 is 11.6 Å². The van der Waals surface area contributed by atoms with Crippen molar-refractivity contribution >= 4 is 11.6 Å². The molecule has 1 aromatic heterocycles. The highest BCUT2D eigenvalue weighted by Gasteiger charge is 2.42. The summed E-state index contributed by atoms with van der Waals surface area (Å²) >= 11 is 0. The number of aliphatic hydroxyl groups is 1. The molecule has 110 valence electrons. The number of anilines is 2. The molecule has 2 aliphatic rings. The monoisotopic (exact) mass is 283 g/mol. The largest absolute Gasteiger partial charge is 0.393 e. The van der Waals surface area contributed by atoms with Gasteiger partial charge in [0, 0.05) is 31.6 Å². The molecule has 2 N–H and O–H groups in total. The highest BCUT2D eigenvalue weighted by atomic mass is 19.1. The third-order valence-electron chi connectivity index (χ3n) is 4.37. The normalized spacial score (nSPS) is 28.8. The molecule has 1 aromatic rings.